The average Bonchev–Trinajstić information content (AvgIpc) is 3.47. The molecule has 2 amide bonds. The highest BCUT2D eigenvalue weighted by Gasteiger charge is 2.29. The minimum Gasteiger partial charge on any atom is -0.481 e. The second-order valence-corrected chi connectivity index (χ2v) is 9.33. The molecule has 0 bridgehead atoms. The van der Waals surface area contributed by atoms with Gasteiger partial charge in [0.15, 0.2) is 0 Å². The number of rotatable bonds is 9. The van der Waals surface area contributed by atoms with Crippen molar-refractivity contribution in [3.8, 4) is 11.1 Å². The molecule has 0 aliphatic heterocycles. The number of benzene rings is 2. The van der Waals surface area contributed by atoms with E-state index in [-0.39, 0.29) is 37.2 Å². The molecule has 182 valence electrons. The maximum atomic E-state index is 12.7. The molecule has 3 aromatic rings. The van der Waals surface area contributed by atoms with Crippen LogP contribution in [0.5, 0.6) is 0 Å². The van der Waals surface area contributed by atoms with Crippen molar-refractivity contribution < 1.29 is 24.2 Å². The number of carboxylic acid groups (broad SMARTS) is 1. The van der Waals surface area contributed by atoms with Gasteiger partial charge in [-0.05, 0) is 29.2 Å². The van der Waals surface area contributed by atoms with Crippen LogP contribution in [0.25, 0.3) is 11.1 Å². The second kappa shape index (κ2) is 10.7. The topological polar surface area (TPSA) is 109 Å². The van der Waals surface area contributed by atoms with Gasteiger partial charge >= 0.3 is 12.1 Å². The standard InChI is InChI=1S/C26H27N3O5S/c1-3-29(13-16(2)25(31)32)24(30)22-15-35-23(28-22)12-27-26(33)34-14-21-19-10-6-4-8-17(19)18-9-5-7-11-20(18)21/h4-11,15-16,21H,3,12-14H2,1-2H3,(H,27,33)(H,31,32). The Bertz CT molecular complexity index is 1200. The van der Waals surface area contributed by atoms with E-state index in [2.05, 4.69) is 34.6 Å². The van der Waals surface area contributed by atoms with Crippen LogP contribution in [0.3, 0.4) is 0 Å². The van der Waals surface area contributed by atoms with Crippen molar-refractivity contribution in [3.63, 3.8) is 0 Å². The average molecular weight is 494 g/mol. The summed E-state index contributed by atoms with van der Waals surface area (Å²) in [5, 5.41) is 14.0. The number of carbonyl (C=O) groups is 3. The minimum atomic E-state index is -0.956. The molecule has 1 unspecified atom stereocenters. The van der Waals surface area contributed by atoms with E-state index in [9.17, 15) is 14.4 Å². The third kappa shape index (κ3) is 5.35. The largest absolute Gasteiger partial charge is 0.481 e. The highest BCUT2D eigenvalue weighted by Crippen LogP contribution is 2.44. The fraction of sp³-hybridized carbons (Fsp3) is 0.308. The maximum Gasteiger partial charge on any atom is 0.407 e. The predicted molar refractivity (Wildman–Crippen MR) is 132 cm³/mol. The summed E-state index contributed by atoms with van der Waals surface area (Å²) in [6.07, 6.45) is -0.555. The Morgan fingerprint density at radius 2 is 1.74 bits per heavy atom. The highest BCUT2D eigenvalue weighted by atomic mass is 32.1. The van der Waals surface area contributed by atoms with Gasteiger partial charge in [0.1, 0.15) is 17.3 Å². The number of nitrogens with one attached hydrogen (secondary N) is 1. The van der Waals surface area contributed by atoms with E-state index in [0.29, 0.717) is 11.6 Å². The van der Waals surface area contributed by atoms with E-state index in [0.717, 1.165) is 22.3 Å². The Balaban J connectivity index is 1.32. The monoisotopic (exact) mass is 493 g/mol. The first kappa shape index (κ1) is 24.4. The summed E-state index contributed by atoms with van der Waals surface area (Å²) in [4.78, 5) is 42.0. The van der Waals surface area contributed by atoms with Crippen molar-refractivity contribution in [2.24, 2.45) is 5.92 Å². The molecule has 9 heteroatoms. The second-order valence-electron chi connectivity index (χ2n) is 8.39. The number of aromatic nitrogens is 1. The van der Waals surface area contributed by atoms with Crippen LogP contribution in [-0.4, -0.2) is 52.7 Å². The number of carboxylic acids is 1. The van der Waals surface area contributed by atoms with E-state index < -0.39 is 18.0 Å². The van der Waals surface area contributed by atoms with E-state index in [1.165, 1.54) is 16.2 Å². The summed E-state index contributed by atoms with van der Waals surface area (Å²) in [7, 11) is 0. The van der Waals surface area contributed by atoms with E-state index >= 15 is 0 Å². The van der Waals surface area contributed by atoms with E-state index in [1.54, 1.807) is 19.2 Å². The molecule has 1 aromatic heterocycles. The Morgan fingerprint density at radius 1 is 1.11 bits per heavy atom. The minimum absolute atomic E-state index is 0.0227. The van der Waals surface area contributed by atoms with Crippen LogP contribution < -0.4 is 5.32 Å². The number of hydrogen-bond donors (Lipinski definition) is 2. The number of fused-ring (bicyclic) bond motifs is 3. The van der Waals surface area contributed by atoms with Crippen molar-refractivity contribution in [3.05, 3.63) is 75.7 Å². The summed E-state index contributed by atoms with van der Waals surface area (Å²) in [5.41, 5.74) is 4.84. The van der Waals surface area contributed by atoms with E-state index in [4.69, 9.17) is 9.84 Å². The first-order chi connectivity index (χ1) is 16.9. The molecule has 0 radical (unpaired) electrons. The van der Waals surface area contributed by atoms with Crippen LogP contribution in [0.15, 0.2) is 53.9 Å². The Labute approximate surface area is 207 Å². The first-order valence-electron chi connectivity index (χ1n) is 11.4. The van der Waals surface area contributed by atoms with Crippen molar-refractivity contribution in [2.45, 2.75) is 26.3 Å². The van der Waals surface area contributed by atoms with Crippen molar-refractivity contribution in [2.75, 3.05) is 19.7 Å². The van der Waals surface area contributed by atoms with Crippen LogP contribution >= 0.6 is 11.3 Å². The van der Waals surface area contributed by atoms with Gasteiger partial charge < -0.3 is 20.1 Å². The zero-order valence-electron chi connectivity index (χ0n) is 19.6. The molecule has 1 aliphatic carbocycles. The van der Waals surface area contributed by atoms with Gasteiger partial charge in [-0.25, -0.2) is 9.78 Å². The fourth-order valence-corrected chi connectivity index (χ4v) is 4.92. The third-order valence-corrected chi connectivity index (χ3v) is 6.93. The molecule has 1 atom stereocenters. The molecule has 0 spiro atoms. The molecular formula is C26H27N3O5S. The molecule has 8 nitrogen and oxygen atoms in total. The summed E-state index contributed by atoms with van der Waals surface area (Å²) < 4.78 is 5.53. The van der Waals surface area contributed by atoms with Crippen LogP contribution in [-0.2, 0) is 16.1 Å². The van der Waals surface area contributed by atoms with Gasteiger partial charge in [0, 0.05) is 24.4 Å². The van der Waals surface area contributed by atoms with Crippen LogP contribution in [0.4, 0.5) is 4.79 Å². The summed E-state index contributed by atoms with van der Waals surface area (Å²) in [6.45, 7) is 4.18. The van der Waals surface area contributed by atoms with Crippen LogP contribution in [0, 0.1) is 5.92 Å². The summed E-state index contributed by atoms with van der Waals surface area (Å²) in [5.74, 6) is -1.98. The lowest BCUT2D eigenvalue weighted by Crippen LogP contribution is -2.37. The summed E-state index contributed by atoms with van der Waals surface area (Å²) in [6, 6.07) is 16.3. The quantitative estimate of drug-likeness (QED) is 0.458. The molecule has 4 rings (SSSR count). The predicted octanol–water partition coefficient (Wildman–Crippen LogP) is 4.36. The molecule has 2 N–H and O–H groups in total. The molecule has 2 aromatic carbocycles. The zero-order valence-corrected chi connectivity index (χ0v) is 20.4. The molecule has 1 aliphatic rings. The number of hydrogen-bond acceptors (Lipinski definition) is 6. The number of amides is 2. The highest BCUT2D eigenvalue weighted by molar-refractivity contribution is 7.09. The maximum absolute atomic E-state index is 12.7. The molecule has 0 saturated carbocycles. The molecule has 0 fully saturated rings. The first-order valence-corrected chi connectivity index (χ1v) is 12.3. The lowest BCUT2D eigenvalue weighted by Gasteiger charge is -2.21. The smallest absolute Gasteiger partial charge is 0.407 e. The number of aliphatic carboxylic acids is 1. The number of alkyl carbamates (subject to hydrolysis) is 1. The van der Waals surface area contributed by atoms with Gasteiger partial charge in [-0.15, -0.1) is 11.3 Å². The van der Waals surface area contributed by atoms with Gasteiger partial charge in [0.2, 0.25) is 0 Å². The zero-order chi connectivity index (χ0) is 24.9. The number of thiazole rings is 1. The Morgan fingerprint density at radius 3 is 2.34 bits per heavy atom. The van der Waals surface area contributed by atoms with Crippen molar-refractivity contribution in [1.82, 2.24) is 15.2 Å². The Hall–Kier alpha value is -3.72. The van der Waals surface area contributed by atoms with E-state index in [1.807, 2.05) is 24.3 Å². The number of carbonyl (C=O) groups excluding carboxylic acids is 2. The molecule has 0 saturated heterocycles. The third-order valence-electron chi connectivity index (χ3n) is 6.08. The molecular weight excluding hydrogens is 466 g/mol. The lowest BCUT2D eigenvalue weighted by molar-refractivity contribution is -0.141. The summed E-state index contributed by atoms with van der Waals surface area (Å²) >= 11 is 1.25. The Kier molecular flexibility index (Phi) is 7.45. The van der Waals surface area contributed by atoms with Crippen LogP contribution in [0.1, 0.15) is 46.4 Å². The fourth-order valence-electron chi connectivity index (χ4n) is 4.21. The lowest BCUT2D eigenvalue weighted by atomic mass is 9.98. The number of ether oxygens (including phenoxy) is 1. The SMILES string of the molecule is CCN(CC(C)C(=O)O)C(=O)c1csc(CNC(=O)OCC2c3ccccc3-c3ccccc32)n1. The normalized spacial score (nSPS) is 13.0. The van der Waals surface area contributed by atoms with Crippen molar-refractivity contribution >= 4 is 29.3 Å². The van der Waals surface area contributed by atoms with Gasteiger partial charge in [0.25, 0.3) is 5.91 Å². The van der Waals surface area contributed by atoms with Gasteiger partial charge in [0.05, 0.1) is 12.5 Å². The van der Waals surface area contributed by atoms with Gasteiger partial charge in [-0.2, -0.15) is 0 Å². The van der Waals surface area contributed by atoms with Crippen LogP contribution in [0.2, 0.25) is 0 Å². The number of nitrogens with zero attached hydrogens (tertiary/aromatic N) is 2. The molecule has 35 heavy (non-hydrogen) atoms. The van der Waals surface area contributed by atoms with Gasteiger partial charge in [-0.1, -0.05) is 55.5 Å². The van der Waals surface area contributed by atoms with Gasteiger partial charge in [-0.3, -0.25) is 9.59 Å². The molecule has 1 heterocycles. The van der Waals surface area contributed by atoms with Crippen molar-refractivity contribution in [1.29, 1.82) is 0 Å².